The summed E-state index contributed by atoms with van der Waals surface area (Å²) in [6.45, 7) is 3.94. The van der Waals surface area contributed by atoms with Gasteiger partial charge in [-0.05, 0) is 50.2 Å². The maximum atomic E-state index is 13.1. The lowest BCUT2D eigenvalue weighted by molar-refractivity contribution is -0.148. The first-order valence-corrected chi connectivity index (χ1v) is 10.7. The average Bonchev–Trinajstić information content (AvgIpc) is 3.17. The Morgan fingerprint density at radius 2 is 2.21 bits per heavy atom. The molecular weight excluding hydrogens is 366 g/mol. The Kier molecular flexibility index (Phi) is 5.72. The van der Waals surface area contributed by atoms with Crippen LogP contribution in [0.4, 0.5) is 0 Å². The fourth-order valence-corrected chi connectivity index (χ4v) is 4.87. The summed E-state index contributed by atoms with van der Waals surface area (Å²) in [5, 5.41) is 0. The molecule has 0 radical (unpaired) electrons. The van der Waals surface area contributed by atoms with Crippen LogP contribution in [0.5, 0.6) is 0 Å². The molecule has 0 spiro atoms. The van der Waals surface area contributed by atoms with Crippen LogP contribution in [0.2, 0.25) is 0 Å². The third kappa shape index (κ3) is 4.22. The minimum Gasteiger partial charge on any atom is -0.363 e. The zero-order valence-corrected chi connectivity index (χ0v) is 17.4. The summed E-state index contributed by atoms with van der Waals surface area (Å²) in [7, 11) is 1.80. The van der Waals surface area contributed by atoms with Gasteiger partial charge < -0.3 is 14.5 Å². The van der Waals surface area contributed by atoms with E-state index in [0.29, 0.717) is 19.0 Å². The highest BCUT2D eigenvalue weighted by Crippen LogP contribution is 2.38. The van der Waals surface area contributed by atoms with Crippen molar-refractivity contribution in [3.8, 4) is 0 Å². The number of ether oxygens (including phenoxy) is 1. The van der Waals surface area contributed by atoms with Crippen molar-refractivity contribution in [1.82, 2.24) is 14.8 Å². The number of rotatable bonds is 4. The van der Waals surface area contributed by atoms with E-state index in [2.05, 4.69) is 24.1 Å². The molecule has 2 unspecified atom stereocenters. The second-order valence-electron chi connectivity index (χ2n) is 8.99. The van der Waals surface area contributed by atoms with E-state index in [1.807, 2.05) is 23.1 Å². The molecule has 0 saturated carbocycles. The van der Waals surface area contributed by atoms with E-state index in [0.717, 1.165) is 44.3 Å². The van der Waals surface area contributed by atoms with Crippen molar-refractivity contribution in [2.45, 2.75) is 57.8 Å². The number of amides is 2. The van der Waals surface area contributed by atoms with Gasteiger partial charge in [0.05, 0.1) is 23.8 Å². The Hall–Kier alpha value is -2.21. The molecule has 4 atom stereocenters. The average molecular weight is 398 g/mol. The molecule has 6 nitrogen and oxygen atoms in total. The van der Waals surface area contributed by atoms with Crippen LogP contribution < -0.4 is 0 Å². The van der Waals surface area contributed by atoms with Gasteiger partial charge in [-0.15, -0.1) is 0 Å². The van der Waals surface area contributed by atoms with Crippen molar-refractivity contribution < 1.29 is 14.3 Å². The van der Waals surface area contributed by atoms with Crippen LogP contribution in [0.25, 0.3) is 0 Å². The summed E-state index contributed by atoms with van der Waals surface area (Å²) >= 11 is 0. The highest BCUT2D eigenvalue weighted by atomic mass is 16.5. The summed E-state index contributed by atoms with van der Waals surface area (Å²) in [4.78, 5) is 34.0. The molecule has 156 valence electrons. The van der Waals surface area contributed by atoms with Gasteiger partial charge in [-0.1, -0.05) is 25.1 Å². The van der Waals surface area contributed by atoms with Crippen molar-refractivity contribution in [3.05, 3.63) is 42.2 Å². The van der Waals surface area contributed by atoms with Gasteiger partial charge >= 0.3 is 0 Å². The molecule has 1 aliphatic carbocycles. The van der Waals surface area contributed by atoms with E-state index in [1.54, 1.807) is 18.1 Å². The number of likely N-dealkylation sites (tertiary alicyclic amines) is 1. The molecule has 2 amide bonds. The third-order valence-corrected chi connectivity index (χ3v) is 6.73. The zero-order chi connectivity index (χ0) is 20.4. The van der Waals surface area contributed by atoms with E-state index < -0.39 is 6.10 Å². The number of carbonyl (C=O) groups is 2. The van der Waals surface area contributed by atoms with Gasteiger partial charge in [0.2, 0.25) is 5.91 Å². The van der Waals surface area contributed by atoms with E-state index in [9.17, 15) is 9.59 Å². The lowest BCUT2D eigenvalue weighted by atomic mass is 9.77. The first-order valence-electron chi connectivity index (χ1n) is 10.7. The molecule has 1 aromatic rings. The van der Waals surface area contributed by atoms with Crippen LogP contribution in [0.3, 0.4) is 0 Å². The standard InChI is InChI=1S/C23H31N3O3/c1-23(10-5-3-6-11-23)22(28)26-13-9-17-14-19(29-20(17)16-26)21(27)25(2)15-18-8-4-7-12-24-18/h3-5,7-8,12,17,19-20H,6,9-11,13-16H2,1-2H3/t17-,19?,20-,23?/m0/s1. The van der Waals surface area contributed by atoms with Gasteiger partial charge in [-0.25, -0.2) is 0 Å². The number of fused-ring (bicyclic) bond motifs is 1. The largest absolute Gasteiger partial charge is 0.363 e. The van der Waals surface area contributed by atoms with E-state index in [4.69, 9.17) is 4.74 Å². The number of allylic oxidation sites excluding steroid dienone is 2. The zero-order valence-electron chi connectivity index (χ0n) is 17.4. The van der Waals surface area contributed by atoms with Crippen LogP contribution >= 0.6 is 0 Å². The van der Waals surface area contributed by atoms with Crippen LogP contribution in [0, 0.1) is 11.3 Å². The Labute approximate surface area is 172 Å². The van der Waals surface area contributed by atoms with Gasteiger partial charge in [0.15, 0.2) is 0 Å². The summed E-state index contributed by atoms with van der Waals surface area (Å²) < 4.78 is 6.17. The van der Waals surface area contributed by atoms with E-state index in [1.165, 1.54) is 0 Å². The van der Waals surface area contributed by atoms with E-state index in [-0.39, 0.29) is 23.3 Å². The Bertz CT molecular complexity index is 781. The molecule has 3 heterocycles. The molecule has 4 rings (SSSR count). The van der Waals surface area contributed by atoms with Crippen molar-refractivity contribution in [1.29, 1.82) is 0 Å². The topological polar surface area (TPSA) is 62.7 Å². The molecule has 1 aromatic heterocycles. The number of aromatic nitrogens is 1. The molecule has 0 bridgehead atoms. The first kappa shape index (κ1) is 20.1. The van der Waals surface area contributed by atoms with Crippen LogP contribution in [-0.2, 0) is 20.9 Å². The predicted molar refractivity (Wildman–Crippen MR) is 110 cm³/mol. The van der Waals surface area contributed by atoms with Gasteiger partial charge in [0.25, 0.3) is 5.91 Å². The summed E-state index contributed by atoms with van der Waals surface area (Å²) in [6, 6.07) is 5.71. The number of hydrogen-bond acceptors (Lipinski definition) is 4. The third-order valence-electron chi connectivity index (χ3n) is 6.73. The molecule has 0 aromatic carbocycles. The number of nitrogens with zero attached hydrogens (tertiary/aromatic N) is 3. The smallest absolute Gasteiger partial charge is 0.251 e. The predicted octanol–water partition coefficient (Wildman–Crippen LogP) is 2.79. The summed E-state index contributed by atoms with van der Waals surface area (Å²) in [5.41, 5.74) is 0.573. The quantitative estimate of drug-likeness (QED) is 0.733. The first-order chi connectivity index (χ1) is 14.0. The van der Waals surface area contributed by atoms with Crippen molar-refractivity contribution >= 4 is 11.8 Å². The van der Waals surface area contributed by atoms with Crippen molar-refractivity contribution in [2.75, 3.05) is 20.1 Å². The monoisotopic (exact) mass is 397 g/mol. The van der Waals surface area contributed by atoms with Crippen molar-refractivity contribution in [3.63, 3.8) is 0 Å². The molecule has 6 heteroatoms. The number of likely N-dealkylation sites (N-methyl/N-ethyl adjacent to an activating group) is 1. The van der Waals surface area contributed by atoms with Crippen LogP contribution in [0.15, 0.2) is 36.5 Å². The number of pyridine rings is 1. The molecule has 2 saturated heterocycles. The minimum atomic E-state index is -0.415. The normalized spacial score (nSPS) is 31.4. The number of carbonyl (C=O) groups excluding carboxylic acids is 2. The maximum Gasteiger partial charge on any atom is 0.251 e. The second-order valence-corrected chi connectivity index (χ2v) is 8.99. The molecule has 0 N–H and O–H groups in total. The summed E-state index contributed by atoms with van der Waals surface area (Å²) in [5.74, 6) is 0.605. The molecule has 29 heavy (non-hydrogen) atoms. The highest BCUT2D eigenvalue weighted by molar-refractivity contribution is 5.83. The Morgan fingerprint density at radius 3 is 2.93 bits per heavy atom. The second kappa shape index (κ2) is 8.27. The number of piperidine rings is 1. The van der Waals surface area contributed by atoms with Gasteiger partial charge in [0, 0.05) is 26.3 Å². The highest BCUT2D eigenvalue weighted by Gasteiger charge is 2.45. The van der Waals surface area contributed by atoms with Crippen molar-refractivity contribution in [2.24, 2.45) is 11.3 Å². The lowest BCUT2D eigenvalue weighted by Crippen LogP contribution is -2.50. The SMILES string of the molecule is CN(Cc1ccccn1)C(=O)C1C[C@@H]2CCN(C(=O)C3(C)CC=CCC3)C[C@@H]2O1. The molecule has 2 aliphatic heterocycles. The molecule has 2 fully saturated rings. The maximum absolute atomic E-state index is 13.1. The van der Waals surface area contributed by atoms with Gasteiger partial charge in [0.1, 0.15) is 6.10 Å². The fraction of sp³-hybridized carbons (Fsp3) is 0.609. The Morgan fingerprint density at radius 1 is 1.34 bits per heavy atom. The number of hydrogen-bond donors (Lipinski definition) is 0. The van der Waals surface area contributed by atoms with Gasteiger partial charge in [-0.2, -0.15) is 0 Å². The lowest BCUT2D eigenvalue weighted by Gasteiger charge is -2.40. The fourth-order valence-electron chi connectivity index (χ4n) is 4.87. The van der Waals surface area contributed by atoms with E-state index >= 15 is 0 Å². The van der Waals surface area contributed by atoms with Gasteiger partial charge in [-0.3, -0.25) is 14.6 Å². The molecular formula is C23H31N3O3. The Balaban J connectivity index is 1.34. The van der Waals surface area contributed by atoms with Crippen LogP contribution in [0.1, 0.15) is 44.7 Å². The molecule has 3 aliphatic rings. The minimum absolute atomic E-state index is 0.00677. The van der Waals surface area contributed by atoms with Crippen LogP contribution in [-0.4, -0.2) is 58.9 Å². The summed E-state index contributed by atoms with van der Waals surface area (Å²) in [6.07, 6.45) is 9.94.